The summed E-state index contributed by atoms with van der Waals surface area (Å²) in [6.45, 7) is 12.0. The fourth-order valence-electron chi connectivity index (χ4n) is 0.123. The first-order valence-corrected chi connectivity index (χ1v) is 4.04. The number of rotatable bonds is 1. The molecule has 0 aliphatic carbocycles. The van der Waals surface area contributed by atoms with Gasteiger partial charge in [0.2, 0.25) is 0 Å². The Morgan fingerprint density at radius 2 is 1.50 bits per heavy atom. The lowest BCUT2D eigenvalue weighted by Crippen LogP contribution is -1.93. The Labute approximate surface area is 75.3 Å². The Bertz CT molecular complexity index is 155. The van der Waals surface area contributed by atoms with Crippen LogP contribution in [0, 0.1) is 5.41 Å². The summed E-state index contributed by atoms with van der Waals surface area (Å²) in [7, 11) is 0. The van der Waals surface area contributed by atoms with E-state index >= 15 is 0 Å². The van der Waals surface area contributed by atoms with Gasteiger partial charge in [0, 0.05) is 5.57 Å². The third-order valence-electron chi connectivity index (χ3n) is 0.770. The van der Waals surface area contributed by atoms with Crippen LogP contribution in [0.25, 0.3) is 0 Å². The number of hydrogen-bond acceptors (Lipinski definition) is 1. The van der Waals surface area contributed by atoms with Gasteiger partial charge in [-0.3, -0.25) is 0 Å². The van der Waals surface area contributed by atoms with Crippen molar-refractivity contribution in [3.63, 3.8) is 0 Å². The van der Waals surface area contributed by atoms with Crippen molar-refractivity contribution in [2.24, 2.45) is 5.41 Å². The lowest BCUT2D eigenvalue weighted by molar-refractivity contribution is -0.132. The lowest BCUT2D eigenvalue weighted by atomic mass is 10.0. The van der Waals surface area contributed by atoms with E-state index in [0.717, 1.165) is 0 Å². The largest absolute Gasteiger partial charge is 0.478 e. The highest BCUT2D eigenvalue weighted by molar-refractivity contribution is 5.85. The molecule has 0 bridgehead atoms. The van der Waals surface area contributed by atoms with Gasteiger partial charge in [0.15, 0.2) is 0 Å². The van der Waals surface area contributed by atoms with Crippen molar-refractivity contribution < 1.29 is 9.90 Å². The van der Waals surface area contributed by atoms with Crippen molar-refractivity contribution in [1.29, 1.82) is 0 Å². The molecule has 0 saturated heterocycles. The molecule has 2 nitrogen and oxygen atoms in total. The van der Waals surface area contributed by atoms with Gasteiger partial charge in [-0.05, 0) is 19.3 Å². The second kappa shape index (κ2) is 5.81. The number of carboxylic acids is 1. The van der Waals surface area contributed by atoms with Crippen molar-refractivity contribution >= 4 is 5.97 Å². The minimum absolute atomic E-state index is 0.389. The van der Waals surface area contributed by atoms with Crippen molar-refractivity contribution in [3.8, 4) is 0 Å². The third kappa shape index (κ3) is 22.9. The molecule has 0 unspecified atom stereocenters. The summed E-state index contributed by atoms with van der Waals surface area (Å²) in [6.07, 6.45) is 1.56. The highest BCUT2D eigenvalue weighted by Crippen LogP contribution is 2.08. The smallest absolute Gasteiger partial charge is 0.330 e. The first-order chi connectivity index (χ1) is 5.18. The average molecular weight is 172 g/mol. The number of aliphatic carboxylic acids is 1. The third-order valence-corrected chi connectivity index (χ3v) is 0.770. The fourth-order valence-corrected chi connectivity index (χ4v) is 0.123. The van der Waals surface area contributed by atoms with E-state index in [1.165, 1.54) is 0 Å². The molecule has 1 N–H and O–H groups in total. The predicted molar refractivity (Wildman–Crippen MR) is 52.2 cm³/mol. The fraction of sp³-hybridized carbons (Fsp3) is 0.700. The molecule has 0 fully saturated rings. The van der Waals surface area contributed by atoms with Crippen LogP contribution in [0.2, 0.25) is 0 Å². The normalized spacial score (nSPS) is 11.7. The van der Waals surface area contributed by atoms with Gasteiger partial charge in [0.1, 0.15) is 0 Å². The molecular weight excluding hydrogens is 152 g/mol. The monoisotopic (exact) mass is 172 g/mol. The van der Waals surface area contributed by atoms with Gasteiger partial charge >= 0.3 is 5.97 Å². The summed E-state index contributed by atoms with van der Waals surface area (Å²) in [5.74, 6) is -0.845. The molecule has 0 heterocycles. The zero-order valence-corrected chi connectivity index (χ0v) is 8.93. The maximum Gasteiger partial charge on any atom is 0.330 e. The highest BCUT2D eigenvalue weighted by Gasteiger charge is 1.95. The molecule has 0 aromatic carbocycles. The van der Waals surface area contributed by atoms with Gasteiger partial charge in [0.25, 0.3) is 0 Å². The molecule has 0 amide bonds. The minimum atomic E-state index is -0.845. The zero-order valence-electron chi connectivity index (χ0n) is 8.93. The van der Waals surface area contributed by atoms with Crippen molar-refractivity contribution in [3.05, 3.63) is 11.6 Å². The van der Waals surface area contributed by atoms with E-state index in [1.54, 1.807) is 19.9 Å². The number of carbonyl (C=O) groups is 1. The van der Waals surface area contributed by atoms with Gasteiger partial charge in [0.05, 0.1) is 0 Å². The molecule has 0 saturated carbocycles. The van der Waals surface area contributed by atoms with Crippen LogP contribution < -0.4 is 0 Å². The SMILES string of the molecule is CC(C)(C)C.CC=C(C)C(=O)O. The van der Waals surface area contributed by atoms with Crippen LogP contribution in [0.15, 0.2) is 11.6 Å². The summed E-state index contributed by atoms with van der Waals surface area (Å²) < 4.78 is 0. The van der Waals surface area contributed by atoms with E-state index < -0.39 is 5.97 Å². The zero-order chi connectivity index (χ0) is 10.4. The molecule has 0 spiro atoms. The van der Waals surface area contributed by atoms with Crippen LogP contribution in [0.3, 0.4) is 0 Å². The quantitative estimate of drug-likeness (QED) is 0.617. The maximum atomic E-state index is 9.86. The first-order valence-electron chi connectivity index (χ1n) is 4.04. The number of hydrogen-bond donors (Lipinski definition) is 1. The summed E-state index contributed by atoms with van der Waals surface area (Å²) >= 11 is 0. The predicted octanol–water partition coefficient (Wildman–Crippen LogP) is 3.09. The molecule has 0 atom stereocenters. The van der Waals surface area contributed by atoms with Crippen LogP contribution in [0.4, 0.5) is 0 Å². The molecule has 72 valence electrons. The van der Waals surface area contributed by atoms with Crippen molar-refractivity contribution in [2.45, 2.75) is 41.5 Å². The van der Waals surface area contributed by atoms with Gasteiger partial charge in [-0.1, -0.05) is 33.8 Å². The molecule has 0 rings (SSSR count). The molecule has 0 aliphatic heterocycles. The maximum absolute atomic E-state index is 9.86. The topological polar surface area (TPSA) is 37.3 Å². The van der Waals surface area contributed by atoms with E-state index in [9.17, 15) is 4.79 Å². The summed E-state index contributed by atoms with van der Waals surface area (Å²) in [5.41, 5.74) is 0.889. The van der Waals surface area contributed by atoms with Crippen molar-refractivity contribution in [2.75, 3.05) is 0 Å². The Morgan fingerprint density at radius 1 is 1.25 bits per heavy atom. The highest BCUT2D eigenvalue weighted by atomic mass is 16.4. The van der Waals surface area contributed by atoms with Crippen LogP contribution in [-0.2, 0) is 4.79 Å². The van der Waals surface area contributed by atoms with E-state index in [4.69, 9.17) is 5.11 Å². The number of allylic oxidation sites excluding steroid dienone is 1. The Hall–Kier alpha value is -0.790. The summed E-state index contributed by atoms with van der Waals surface area (Å²) in [5, 5.41) is 8.11. The standard InChI is InChI=1S/C5H8O2.C5H12/c1-3-4(2)5(6)7;1-5(2,3)4/h3H,1-2H3,(H,6,7);1-4H3. The van der Waals surface area contributed by atoms with E-state index in [0.29, 0.717) is 11.0 Å². The van der Waals surface area contributed by atoms with Gasteiger partial charge < -0.3 is 5.11 Å². The Kier molecular flexibility index (Phi) is 6.67. The van der Waals surface area contributed by atoms with Crippen LogP contribution in [0.1, 0.15) is 41.5 Å². The second-order valence-corrected chi connectivity index (χ2v) is 4.28. The summed E-state index contributed by atoms with van der Waals surface area (Å²) in [6, 6.07) is 0. The Balaban J connectivity index is 0. The van der Waals surface area contributed by atoms with E-state index in [-0.39, 0.29) is 0 Å². The minimum Gasteiger partial charge on any atom is -0.478 e. The number of carboxylic acid groups (broad SMARTS) is 1. The van der Waals surface area contributed by atoms with E-state index in [2.05, 4.69) is 27.7 Å². The Morgan fingerprint density at radius 3 is 1.50 bits per heavy atom. The molecule has 0 aromatic rings. The molecule has 12 heavy (non-hydrogen) atoms. The second-order valence-electron chi connectivity index (χ2n) is 4.28. The van der Waals surface area contributed by atoms with Gasteiger partial charge in [-0.15, -0.1) is 0 Å². The molecule has 0 aromatic heterocycles. The molecule has 0 aliphatic rings. The summed E-state index contributed by atoms with van der Waals surface area (Å²) in [4.78, 5) is 9.86. The average Bonchev–Trinajstić information content (AvgIpc) is 1.82. The molecular formula is C10H20O2. The van der Waals surface area contributed by atoms with E-state index in [1.807, 2.05) is 0 Å². The van der Waals surface area contributed by atoms with Gasteiger partial charge in [-0.2, -0.15) is 0 Å². The molecule has 0 radical (unpaired) electrons. The first kappa shape index (κ1) is 13.8. The van der Waals surface area contributed by atoms with Crippen LogP contribution in [0.5, 0.6) is 0 Å². The van der Waals surface area contributed by atoms with Crippen LogP contribution >= 0.6 is 0 Å². The molecule has 2 heteroatoms. The van der Waals surface area contributed by atoms with Crippen molar-refractivity contribution in [1.82, 2.24) is 0 Å². The van der Waals surface area contributed by atoms with Gasteiger partial charge in [-0.25, -0.2) is 4.79 Å². The lowest BCUT2D eigenvalue weighted by Gasteiger charge is -2.05. The van der Waals surface area contributed by atoms with Crippen LogP contribution in [-0.4, -0.2) is 11.1 Å².